The standard InChI is InChI=1S/C10H13N5O/c11-3-8-4-15(6-12-8)5-9-13-10(16-14-9)7-1-2-7/h4,6-7H,1-3,5,11H2. The van der Waals surface area contributed by atoms with Crippen molar-refractivity contribution in [3.8, 4) is 0 Å². The third kappa shape index (κ3) is 1.83. The number of aromatic nitrogens is 4. The molecule has 0 spiro atoms. The molecular weight excluding hydrogens is 206 g/mol. The second kappa shape index (κ2) is 3.71. The SMILES string of the molecule is NCc1cn(Cc2noc(C3CC3)n2)cn1. The second-order valence-corrected chi connectivity index (χ2v) is 4.06. The summed E-state index contributed by atoms with van der Waals surface area (Å²) in [5.74, 6) is 1.97. The van der Waals surface area contributed by atoms with Crippen LogP contribution in [0.5, 0.6) is 0 Å². The minimum absolute atomic E-state index is 0.451. The van der Waals surface area contributed by atoms with Crippen molar-refractivity contribution in [1.82, 2.24) is 19.7 Å². The normalized spacial score (nSPS) is 15.6. The van der Waals surface area contributed by atoms with Crippen LogP contribution in [0.2, 0.25) is 0 Å². The van der Waals surface area contributed by atoms with Crippen molar-refractivity contribution < 1.29 is 4.52 Å². The summed E-state index contributed by atoms with van der Waals surface area (Å²) in [5, 5.41) is 3.94. The van der Waals surface area contributed by atoms with Crippen molar-refractivity contribution >= 4 is 0 Å². The molecule has 0 atom stereocenters. The van der Waals surface area contributed by atoms with Crippen LogP contribution in [0.15, 0.2) is 17.0 Å². The predicted octanol–water partition coefficient (Wildman–Crippen LogP) is 0.650. The fraction of sp³-hybridized carbons (Fsp3) is 0.500. The Bertz CT molecular complexity index is 485. The monoisotopic (exact) mass is 219 g/mol. The Morgan fingerprint density at radius 1 is 1.50 bits per heavy atom. The first-order valence-electron chi connectivity index (χ1n) is 5.38. The van der Waals surface area contributed by atoms with Gasteiger partial charge in [-0.3, -0.25) is 0 Å². The van der Waals surface area contributed by atoms with Crippen molar-refractivity contribution in [3.05, 3.63) is 29.9 Å². The number of rotatable bonds is 4. The summed E-state index contributed by atoms with van der Waals surface area (Å²) in [6.07, 6.45) is 5.97. The molecule has 0 unspecified atom stereocenters. The molecule has 1 aliphatic rings. The van der Waals surface area contributed by atoms with E-state index in [1.54, 1.807) is 6.33 Å². The van der Waals surface area contributed by atoms with Gasteiger partial charge in [0.25, 0.3) is 0 Å². The maximum Gasteiger partial charge on any atom is 0.229 e. The highest BCUT2D eigenvalue weighted by atomic mass is 16.5. The summed E-state index contributed by atoms with van der Waals surface area (Å²) in [6.45, 7) is 1.04. The molecule has 6 heteroatoms. The van der Waals surface area contributed by atoms with E-state index in [9.17, 15) is 0 Å². The molecule has 0 radical (unpaired) electrons. The molecular formula is C10H13N5O. The highest BCUT2D eigenvalue weighted by Crippen LogP contribution is 2.38. The van der Waals surface area contributed by atoms with Gasteiger partial charge in [0.1, 0.15) is 0 Å². The van der Waals surface area contributed by atoms with Crippen LogP contribution >= 0.6 is 0 Å². The van der Waals surface area contributed by atoms with E-state index in [0.29, 0.717) is 24.8 Å². The average molecular weight is 219 g/mol. The molecule has 0 saturated heterocycles. The first-order chi connectivity index (χ1) is 7.85. The van der Waals surface area contributed by atoms with Crippen LogP contribution < -0.4 is 5.73 Å². The lowest BCUT2D eigenvalue weighted by atomic mass is 10.4. The fourth-order valence-electron chi connectivity index (χ4n) is 1.59. The lowest BCUT2D eigenvalue weighted by molar-refractivity contribution is 0.373. The Kier molecular flexibility index (Phi) is 2.21. The molecule has 0 aliphatic heterocycles. The quantitative estimate of drug-likeness (QED) is 0.816. The lowest BCUT2D eigenvalue weighted by Gasteiger charge is -1.94. The zero-order valence-corrected chi connectivity index (χ0v) is 8.83. The first kappa shape index (κ1) is 9.53. The molecule has 3 rings (SSSR count). The van der Waals surface area contributed by atoms with Gasteiger partial charge in [-0.15, -0.1) is 0 Å². The molecule has 2 aromatic heterocycles. The highest BCUT2D eigenvalue weighted by Gasteiger charge is 2.29. The molecule has 1 fully saturated rings. The van der Waals surface area contributed by atoms with E-state index >= 15 is 0 Å². The smallest absolute Gasteiger partial charge is 0.229 e. The summed E-state index contributed by atoms with van der Waals surface area (Å²) in [4.78, 5) is 8.48. The molecule has 1 saturated carbocycles. The Balaban J connectivity index is 1.72. The molecule has 0 aromatic carbocycles. The molecule has 0 amide bonds. The fourth-order valence-corrected chi connectivity index (χ4v) is 1.59. The Labute approximate surface area is 92.5 Å². The topological polar surface area (TPSA) is 82.8 Å². The maximum absolute atomic E-state index is 5.48. The first-order valence-corrected chi connectivity index (χ1v) is 5.38. The third-order valence-corrected chi connectivity index (χ3v) is 2.63. The largest absolute Gasteiger partial charge is 0.339 e. The van der Waals surface area contributed by atoms with E-state index in [1.807, 2.05) is 10.8 Å². The predicted molar refractivity (Wildman–Crippen MR) is 55.5 cm³/mol. The van der Waals surface area contributed by atoms with E-state index in [0.717, 1.165) is 11.6 Å². The van der Waals surface area contributed by atoms with Gasteiger partial charge in [0.15, 0.2) is 5.82 Å². The van der Waals surface area contributed by atoms with E-state index < -0.39 is 0 Å². The Hall–Kier alpha value is -1.69. The number of nitrogens with two attached hydrogens (primary N) is 1. The van der Waals surface area contributed by atoms with Crippen molar-refractivity contribution in [2.24, 2.45) is 5.73 Å². The minimum Gasteiger partial charge on any atom is -0.339 e. The lowest BCUT2D eigenvalue weighted by Crippen LogP contribution is -1.99. The van der Waals surface area contributed by atoms with Crippen LogP contribution in [0, 0.1) is 0 Å². The van der Waals surface area contributed by atoms with Crippen LogP contribution in [0.3, 0.4) is 0 Å². The van der Waals surface area contributed by atoms with Crippen LogP contribution in [0.4, 0.5) is 0 Å². The molecule has 2 heterocycles. The number of hydrogen-bond donors (Lipinski definition) is 1. The van der Waals surface area contributed by atoms with Crippen molar-refractivity contribution in [2.75, 3.05) is 0 Å². The van der Waals surface area contributed by atoms with Crippen molar-refractivity contribution in [1.29, 1.82) is 0 Å². The van der Waals surface area contributed by atoms with E-state index in [-0.39, 0.29) is 0 Å². The molecule has 1 aliphatic carbocycles. The summed E-state index contributed by atoms with van der Waals surface area (Å²) in [7, 11) is 0. The zero-order valence-electron chi connectivity index (χ0n) is 8.83. The third-order valence-electron chi connectivity index (χ3n) is 2.63. The van der Waals surface area contributed by atoms with Crippen LogP contribution in [-0.4, -0.2) is 19.7 Å². The van der Waals surface area contributed by atoms with Crippen molar-refractivity contribution in [3.63, 3.8) is 0 Å². The summed E-state index contributed by atoms with van der Waals surface area (Å²) < 4.78 is 7.08. The van der Waals surface area contributed by atoms with Crippen molar-refractivity contribution in [2.45, 2.75) is 31.8 Å². The second-order valence-electron chi connectivity index (χ2n) is 4.06. The Morgan fingerprint density at radius 3 is 3.06 bits per heavy atom. The van der Waals surface area contributed by atoms with E-state index in [4.69, 9.17) is 10.3 Å². The molecule has 84 valence electrons. The highest BCUT2D eigenvalue weighted by molar-refractivity contribution is 5.03. The molecule has 2 N–H and O–H groups in total. The molecule has 6 nitrogen and oxygen atoms in total. The summed E-state index contributed by atoms with van der Waals surface area (Å²) >= 11 is 0. The van der Waals surface area contributed by atoms with Gasteiger partial charge in [0, 0.05) is 18.7 Å². The number of imidazole rings is 1. The van der Waals surface area contributed by atoms with Crippen LogP contribution in [-0.2, 0) is 13.1 Å². The van der Waals surface area contributed by atoms with Gasteiger partial charge in [-0.05, 0) is 12.8 Å². The summed E-state index contributed by atoms with van der Waals surface area (Å²) in [5.41, 5.74) is 6.35. The number of hydrogen-bond acceptors (Lipinski definition) is 5. The van der Waals surface area contributed by atoms with Crippen LogP contribution in [0.25, 0.3) is 0 Å². The van der Waals surface area contributed by atoms with Gasteiger partial charge < -0.3 is 14.8 Å². The maximum atomic E-state index is 5.48. The molecule has 2 aromatic rings. The van der Waals surface area contributed by atoms with Gasteiger partial charge in [-0.2, -0.15) is 4.98 Å². The van der Waals surface area contributed by atoms with E-state index in [2.05, 4.69) is 15.1 Å². The Morgan fingerprint density at radius 2 is 2.38 bits per heavy atom. The van der Waals surface area contributed by atoms with Crippen LogP contribution in [0.1, 0.15) is 36.2 Å². The molecule has 0 bridgehead atoms. The van der Waals surface area contributed by atoms with Gasteiger partial charge in [-0.1, -0.05) is 5.16 Å². The van der Waals surface area contributed by atoms with Gasteiger partial charge in [0.05, 0.1) is 18.6 Å². The zero-order chi connectivity index (χ0) is 11.0. The average Bonchev–Trinajstić information content (AvgIpc) is 2.88. The molecule has 16 heavy (non-hydrogen) atoms. The summed E-state index contributed by atoms with van der Waals surface area (Å²) in [6, 6.07) is 0. The van der Waals surface area contributed by atoms with Gasteiger partial charge in [-0.25, -0.2) is 4.98 Å². The van der Waals surface area contributed by atoms with Gasteiger partial charge >= 0.3 is 0 Å². The van der Waals surface area contributed by atoms with E-state index in [1.165, 1.54) is 12.8 Å². The van der Waals surface area contributed by atoms with Gasteiger partial charge in [0.2, 0.25) is 5.89 Å². The minimum atomic E-state index is 0.451. The number of nitrogens with zero attached hydrogens (tertiary/aromatic N) is 4.